The number of rotatable bonds is 15. The van der Waals surface area contributed by atoms with E-state index in [2.05, 4.69) is 19.1 Å². The SMILES string of the molecule is CCCCCCCCC=CCCCCCCCCN.CS(=O)(=O)O. The maximum atomic E-state index is 9.19. The average molecular weight is 364 g/mol. The van der Waals surface area contributed by atoms with E-state index in [0.29, 0.717) is 6.26 Å². The third kappa shape index (κ3) is 37.7. The van der Waals surface area contributed by atoms with E-state index in [-0.39, 0.29) is 0 Å². The standard InChI is InChI=1S/C18H37N.CH4O3S/c1-2-3-4-5-6-7-8-9-10-11-12-13-14-15-16-17-18-19;1-5(2,3)4/h9-10H,2-8,11-19H2,1H3;1H3,(H,2,3,4). The van der Waals surface area contributed by atoms with Crippen LogP contribution < -0.4 is 5.73 Å². The smallest absolute Gasteiger partial charge is 0.261 e. The highest BCUT2D eigenvalue weighted by Gasteiger charge is 1.90. The molecule has 0 aromatic heterocycles. The first-order chi connectivity index (χ1) is 11.4. The highest BCUT2D eigenvalue weighted by molar-refractivity contribution is 7.85. The predicted molar refractivity (Wildman–Crippen MR) is 106 cm³/mol. The Balaban J connectivity index is 0. The molecule has 0 aliphatic rings. The molecule has 146 valence electrons. The summed E-state index contributed by atoms with van der Waals surface area (Å²) in [5, 5.41) is 0. The summed E-state index contributed by atoms with van der Waals surface area (Å²) < 4.78 is 25.9. The maximum absolute atomic E-state index is 9.19. The van der Waals surface area contributed by atoms with Crippen LogP contribution in [0.1, 0.15) is 96.8 Å². The molecule has 0 rings (SSSR count). The number of nitrogens with two attached hydrogens (primary N) is 1. The lowest BCUT2D eigenvalue weighted by atomic mass is 10.1. The van der Waals surface area contributed by atoms with Gasteiger partial charge in [-0.15, -0.1) is 0 Å². The van der Waals surface area contributed by atoms with Gasteiger partial charge in [0.25, 0.3) is 10.1 Å². The summed E-state index contributed by atoms with van der Waals surface area (Å²) in [7, 11) is -3.67. The van der Waals surface area contributed by atoms with E-state index >= 15 is 0 Å². The van der Waals surface area contributed by atoms with Crippen molar-refractivity contribution in [2.24, 2.45) is 5.73 Å². The first-order valence-corrected chi connectivity index (χ1v) is 11.5. The molecule has 0 saturated carbocycles. The van der Waals surface area contributed by atoms with Crippen LogP contribution in [0.25, 0.3) is 0 Å². The molecule has 0 fully saturated rings. The molecule has 0 aliphatic heterocycles. The summed E-state index contributed by atoms with van der Waals surface area (Å²) in [6.45, 7) is 3.14. The van der Waals surface area contributed by atoms with Crippen molar-refractivity contribution in [1.29, 1.82) is 0 Å². The molecule has 0 amide bonds. The van der Waals surface area contributed by atoms with Crippen LogP contribution in [-0.4, -0.2) is 25.8 Å². The van der Waals surface area contributed by atoms with Gasteiger partial charge in [-0.3, -0.25) is 4.55 Å². The summed E-state index contributed by atoms with van der Waals surface area (Å²) >= 11 is 0. The second-order valence-corrected chi connectivity index (χ2v) is 7.93. The van der Waals surface area contributed by atoms with Crippen molar-refractivity contribution in [3.05, 3.63) is 12.2 Å². The summed E-state index contributed by atoms with van der Waals surface area (Å²) in [6.07, 6.45) is 24.6. The Bertz CT molecular complexity index is 346. The zero-order valence-electron chi connectivity index (χ0n) is 16.0. The van der Waals surface area contributed by atoms with Gasteiger partial charge in [0.15, 0.2) is 0 Å². The van der Waals surface area contributed by atoms with Crippen LogP contribution in [-0.2, 0) is 10.1 Å². The fraction of sp³-hybridized carbons (Fsp3) is 0.895. The van der Waals surface area contributed by atoms with Crippen LogP contribution in [0.3, 0.4) is 0 Å². The number of allylic oxidation sites excluding steroid dienone is 2. The molecule has 3 N–H and O–H groups in total. The molecule has 0 atom stereocenters. The van der Waals surface area contributed by atoms with Gasteiger partial charge in [-0.05, 0) is 38.6 Å². The third-order valence-electron chi connectivity index (χ3n) is 3.72. The highest BCUT2D eigenvalue weighted by atomic mass is 32.2. The Morgan fingerprint density at radius 2 is 1.08 bits per heavy atom. The minimum Gasteiger partial charge on any atom is -0.330 e. The van der Waals surface area contributed by atoms with E-state index in [9.17, 15) is 8.42 Å². The van der Waals surface area contributed by atoms with E-state index in [4.69, 9.17) is 10.3 Å². The molecule has 0 spiro atoms. The highest BCUT2D eigenvalue weighted by Crippen LogP contribution is 2.09. The van der Waals surface area contributed by atoms with Gasteiger partial charge in [-0.2, -0.15) is 8.42 Å². The lowest BCUT2D eigenvalue weighted by Crippen LogP contribution is -1.97. The Hall–Kier alpha value is -0.390. The first-order valence-electron chi connectivity index (χ1n) is 9.69. The lowest BCUT2D eigenvalue weighted by molar-refractivity contribution is 0.490. The third-order valence-corrected chi connectivity index (χ3v) is 3.72. The molecule has 0 heterocycles. The molecular formula is C19H41NO3S. The van der Waals surface area contributed by atoms with Gasteiger partial charge < -0.3 is 5.73 Å². The Morgan fingerprint density at radius 3 is 1.46 bits per heavy atom. The summed E-state index contributed by atoms with van der Waals surface area (Å²) in [4.78, 5) is 0. The monoisotopic (exact) mass is 363 g/mol. The van der Waals surface area contributed by atoms with E-state index in [1.807, 2.05) is 0 Å². The molecule has 0 aromatic carbocycles. The molecule has 4 nitrogen and oxygen atoms in total. The van der Waals surface area contributed by atoms with Crippen molar-refractivity contribution in [2.45, 2.75) is 96.8 Å². The summed E-state index contributed by atoms with van der Waals surface area (Å²) in [6, 6.07) is 0. The second kappa shape index (κ2) is 20.7. The molecule has 0 bridgehead atoms. The van der Waals surface area contributed by atoms with Crippen LogP contribution in [0.2, 0.25) is 0 Å². The Morgan fingerprint density at radius 1 is 0.750 bits per heavy atom. The van der Waals surface area contributed by atoms with Gasteiger partial charge in [-0.25, -0.2) is 0 Å². The molecular weight excluding hydrogens is 322 g/mol. The number of hydrogen-bond donors (Lipinski definition) is 2. The lowest BCUT2D eigenvalue weighted by Gasteiger charge is -1.99. The van der Waals surface area contributed by atoms with Gasteiger partial charge in [-0.1, -0.05) is 76.9 Å². The van der Waals surface area contributed by atoms with E-state index < -0.39 is 10.1 Å². The molecule has 0 radical (unpaired) electrons. The van der Waals surface area contributed by atoms with Gasteiger partial charge in [0, 0.05) is 0 Å². The van der Waals surface area contributed by atoms with Crippen molar-refractivity contribution < 1.29 is 13.0 Å². The molecule has 24 heavy (non-hydrogen) atoms. The number of hydrogen-bond acceptors (Lipinski definition) is 3. The quantitative estimate of drug-likeness (QED) is 0.229. The zero-order chi connectivity index (χ0) is 18.5. The predicted octanol–water partition coefficient (Wildman–Crippen LogP) is 5.49. The molecule has 0 saturated heterocycles. The minimum absolute atomic E-state index is 0.715. The van der Waals surface area contributed by atoms with Gasteiger partial charge in [0.1, 0.15) is 0 Å². The normalized spacial score (nSPS) is 11.5. The number of unbranched alkanes of at least 4 members (excludes halogenated alkanes) is 12. The second-order valence-electron chi connectivity index (χ2n) is 6.46. The fourth-order valence-corrected chi connectivity index (χ4v) is 2.39. The Kier molecular flexibility index (Phi) is 22.2. The van der Waals surface area contributed by atoms with Crippen molar-refractivity contribution >= 4 is 10.1 Å². The Labute approximate surface area is 151 Å². The molecule has 0 aromatic rings. The van der Waals surface area contributed by atoms with Crippen LogP contribution >= 0.6 is 0 Å². The van der Waals surface area contributed by atoms with Crippen molar-refractivity contribution in [2.75, 3.05) is 12.8 Å². The van der Waals surface area contributed by atoms with E-state index in [1.54, 1.807) is 0 Å². The van der Waals surface area contributed by atoms with Crippen molar-refractivity contribution in [3.8, 4) is 0 Å². The largest absolute Gasteiger partial charge is 0.330 e. The molecule has 0 aliphatic carbocycles. The maximum Gasteiger partial charge on any atom is 0.261 e. The van der Waals surface area contributed by atoms with Gasteiger partial charge in [0.05, 0.1) is 6.26 Å². The van der Waals surface area contributed by atoms with Gasteiger partial charge in [0.2, 0.25) is 0 Å². The first kappa shape index (κ1) is 25.8. The van der Waals surface area contributed by atoms with Crippen molar-refractivity contribution in [1.82, 2.24) is 0 Å². The topological polar surface area (TPSA) is 80.4 Å². The van der Waals surface area contributed by atoms with Gasteiger partial charge >= 0.3 is 0 Å². The van der Waals surface area contributed by atoms with E-state index in [1.165, 1.54) is 89.9 Å². The molecule has 5 heteroatoms. The van der Waals surface area contributed by atoms with Crippen LogP contribution in [0, 0.1) is 0 Å². The van der Waals surface area contributed by atoms with Crippen molar-refractivity contribution in [3.63, 3.8) is 0 Å². The minimum atomic E-state index is -3.67. The molecule has 0 unspecified atom stereocenters. The summed E-state index contributed by atoms with van der Waals surface area (Å²) in [5.74, 6) is 0. The summed E-state index contributed by atoms with van der Waals surface area (Å²) in [5.41, 5.74) is 5.47. The van der Waals surface area contributed by atoms with Crippen LogP contribution in [0.5, 0.6) is 0 Å². The van der Waals surface area contributed by atoms with Crippen LogP contribution in [0.4, 0.5) is 0 Å². The van der Waals surface area contributed by atoms with Crippen LogP contribution in [0.15, 0.2) is 12.2 Å². The average Bonchev–Trinajstić information content (AvgIpc) is 2.49. The zero-order valence-corrected chi connectivity index (χ0v) is 16.8. The van der Waals surface area contributed by atoms with E-state index in [0.717, 1.165) is 6.54 Å². The fourth-order valence-electron chi connectivity index (χ4n) is 2.39.